The minimum atomic E-state index is -0.880. The van der Waals surface area contributed by atoms with Gasteiger partial charge in [-0.2, -0.15) is 0 Å². The molecule has 6 rings (SSSR count). The highest BCUT2D eigenvalue weighted by molar-refractivity contribution is 14.1. The number of carbonyl (C=O) groups excluding carboxylic acids is 1. The second-order valence-electron chi connectivity index (χ2n) is 10.2. The van der Waals surface area contributed by atoms with Crippen LogP contribution in [0.1, 0.15) is 35.2 Å². The zero-order valence-electron chi connectivity index (χ0n) is 24.2. The molecule has 1 aliphatic rings. The molecule has 1 atom stereocenters. The highest BCUT2D eigenvalue weighted by Crippen LogP contribution is 2.35. The smallest absolute Gasteiger partial charge is 0.338 e. The van der Waals surface area contributed by atoms with E-state index in [0.29, 0.717) is 37.8 Å². The van der Waals surface area contributed by atoms with Gasteiger partial charge in [-0.1, -0.05) is 83.6 Å². The van der Waals surface area contributed by atoms with Gasteiger partial charge >= 0.3 is 5.97 Å². The van der Waals surface area contributed by atoms with E-state index in [4.69, 9.17) is 26.1 Å². The lowest BCUT2D eigenvalue weighted by Gasteiger charge is -2.25. The number of benzene rings is 4. The Balaban J connectivity index is 1.48. The van der Waals surface area contributed by atoms with Gasteiger partial charge in [-0.15, -0.1) is 0 Å². The van der Waals surface area contributed by atoms with E-state index in [1.165, 1.54) is 28.0 Å². The Hall–Kier alpha value is -3.33. The van der Waals surface area contributed by atoms with Crippen molar-refractivity contribution >= 4 is 85.9 Å². The number of thiazole rings is 1. The second kappa shape index (κ2) is 14.2. The number of ether oxygens (including phenoxy) is 2. The number of hydrogen-bond donors (Lipinski definition) is 0. The van der Waals surface area contributed by atoms with Crippen LogP contribution in [-0.4, -0.2) is 17.1 Å². The summed E-state index contributed by atoms with van der Waals surface area (Å²) < 4.78 is 29.3. The topological polar surface area (TPSA) is 69.9 Å². The van der Waals surface area contributed by atoms with Gasteiger partial charge in [-0.05, 0) is 99.6 Å². The number of rotatable bonds is 8. The average molecular weight is 877 g/mol. The fourth-order valence-electron chi connectivity index (χ4n) is 5.12. The lowest BCUT2D eigenvalue weighted by atomic mass is 9.93. The van der Waals surface area contributed by atoms with Gasteiger partial charge in [0.2, 0.25) is 0 Å². The molecule has 46 heavy (non-hydrogen) atoms. The highest BCUT2D eigenvalue weighted by atomic mass is 127. The summed E-state index contributed by atoms with van der Waals surface area (Å²) in [6.07, 6.45) is 1.81. The van der Waals surface area contributed by atoms with Crippen LogP contribution in [0.2, 0.25) is 5.02 Å². The minimum absolute atomic E-state index is 0.139. The number of halogens is 4. The zero-order chi connectivity index (χ0) is 32.4. The van der Waals surface area contributed by atoms with Gasteiger partial charge in [0.05, 0.1) is 35.6 Å². The Labute approximate surface area is 300 Å². The SMILES string of the molecule is CCOC(=O)C1=C(c2ccccc2)N=c2s/c(=C\c3cc(I)c(OCc4ccccc4Cl)c(I)c3)c(=O)n2[C@H]1c1ccc(F)cc1. The molecular weight excluding hydrogens is 853 g/mol. The fraction of sp³-hybridized carbons (Fsp3) is 0.114. The second-order valence-corrected chi connectivity index (χ2v) is 13.9. The number of nitrogens with zero attached hydrogens (tertiary/aromatic N) is 2. The summed E-state index contributed by atoms with van der Waals surface area (Å²) in [5.41, 5.74) is 3.24. The molecule has 0 spiro atoms. The van der Waals surface area contributed by atoms with Gasteiger partial charge in [0.1, 0.15) is 18.2 Å². The third-order valence-electron chi connectivity index (χ3n) is 7.21. The Morgan fingerprint density at radius 2 is 1.70 bits per heavy atom. The first-order valence-electron chi connectivity index (χ1n) is 14.1. The van der Waals surface area contributed by atoms with E-state index in [-0.39, 0.29) is 17.7 Å². The molecule has 1 aliphatic heterocycles. The molecule has 5 aromatic rings. The molecule has 0 fully saturated rings. The van der Waals surface area contributed by atoms with E-state index in [1.807, 2.05) is 72.8 Å². The molecule has 0 amide bonds. The van der Waals surface area contributed by atoms with Crippen LogP contribution >= 0.6 is 68.1 Å². The fourth-order valence-corrected chi connectivity index (χ4v) is 8.44. The molecule has 232 valence electrons. The van der Waals surface area contributed by atoms with Gasteiger partial charge in [0, 0.05) is 16.1 Å². The van der Waals surface area contributed by atoms with Crippen molar-refractivity contribution in [2.75, 3.05) is 6.61 Å². The predicted molar refractivity (Wildman–Crippen MR) is 195 cm³/mol. The number of hydrogen-bond acceptors (Lipinski definition) is 6. The number of fused-ring (bicyclic) bond motifs is 1. The highest BCUT2D eigenvalue weighted by Gasteiger charge is 2.35. The zero-order valence-corrected chi connectivity index (χ0v) is 30.1. The van der Waals surface area contributed by atoms with Crippen molar-refractivity contribution in [3.63, 3.8) is 0 Å². The summed E-state index contributed by atoms with van der Waals surface area (Å²) in [6.45, 7) is 2.18. The van der Waals surface area contributed by atoms with Crippen LogP contribution in [0.3, 0.4) is 0 Å². The number of esters is 1. The van der Waals surface area contributed by atoms with Crippen LogP contribution in [0, 0.1) is 13.0 Å². The molecule has 0 unspecified atom stereocenters. The summed E-state index contributed by atoms with van der Waals surface area (Å²) in [6, 6.07) is 25.6. The Kier molecular flexibility index (Phi) is 10.1. The van der Waals surface area contributed by atoms with Gasteiger partial charge in [0.15, 0.2) is 4.80 Å². The lowest BCUT2D eigenvalue weighted by molar-refractivity contribution is -0.138. The number of carbonyl (C=O) groups is 1. The van der Waals surface area contributed by atoms with E-state index >= 15 is 0 Å². The molecule has 11 heteroatoms. The Bertz CT molecular complexity index is 2140. The lowest BCUT2D eigenvalue weighted by Crippen LogP contribution is -2.40. The summed E-state index contributed by atoms with van der Waals surface area (Å²) in [7, 11) is 0. The molecule has 1 aromatic heterocycles. The molecule has 6 nitrogen and oxygen atoms in total. The van der Waals surface area contributed by atoms with Crippen LogP contribution in [0.15, 0.2) is 106 Å². The van der Waals surface area contributed by atoms with Crippen molar-refractivity contribution in [2.45, 2.75) is 19.6 Å². The molecule has 0 saturated heterocycles. The molecule has 0 saturated carbocycles. The largest absolute Gasteiger partial charge is 0.487 e. The normalized spacial score (nSPS) is 14.5. The monoisotopic (exact) mass is 876 g/mol. The van der Waals surface area contributed by atoms with Crippen molar-refractivity contribution in [3.05, 3.63) is 156 Å². The summed E-state index contributed by atoms with van der Waals surface area (Å²) in [4.78, 5) is 33.0. The molecule has 0 bridgehead atoms. The van der Waals surface area contributed by atoms with E-state index in [9.17, 15) is 14.0 Å². The molecule has 0 radical (unpaired) electrons. The molecule has 0 aliphatic carbocycles. The van der Waals surface area contributed by atoms with Gasteiger partial charge in [0.25, 0.3) is 5.56 Å². The van der Waals surface area contributed by atoms with E-state index < -0.39 is 17.8 Å². The number of aromatic nitrogens is 1. The average Bonchev–Trinajstić information content (AvgIpc) is 3.35. The summed E-state index contributed by atoms with van der Waals surface area (Å²) in [5.74, 6) is -0.294. The van der Waals surface area contributed by atoms with Crippen LogP contribution in [0.4, 0.5) is 4.39 Å². The van der Waals surface area contributed by atoms with E-state index in [0.717, 1.165) is 24.0 Å². The maximum absolute atomic E-state index is 14.2. The quantitative estimate of drug-likeness (QED) is 0.120. The standard InChI is InChI=1S/C35H24ClFI2N2O4S/c1-2-44-34(43)29-30(21-8-4-3-5-9-21)40-35-41(31(29)22-12-14-24(37)15-13-22)33(42)28(46-35)18-20-16-26(38)32(27(39)17-20)45-19-23-10-6-7-11-25(23)36/h3-18,31H,2,19H2,1H3/b28-18-/t31-/m0/s1. The first-order chi connectivity index (χ1) is 22.2. The molecule has 0 N–H and O–H groups in total. The minimum Gasteiger partial charge on any atom is -0.487 e. The van der Waals surface area contributed by atoms with E-state index in [1.54, 1.807) is 19.1 Å². The molecule has 2 heterocycles. The van der Waals surface area contributed by atoms with Crippen LogP contribution in [0.25, 0.3) is 11.8 Å². The van der Waals surface area contributed by atoms with Gasteiger partial charge in [-0.3, -0.25) is 9.36 Å². The van der Waals surface area contributed by atoms with Crippen LogP contribution < -0.4 is 19.6 Å². The third kappa shape index (κ3) is 6.71. The summed E-state index contributed by atoms with van der Waals surface area (Å²) in [5, 5.41) is 0.639. The molecular formula is C35H24ClFI2N2O4S. The first-order valence-corrected chi connectivity index (χ1v) is 17.5. The van der Waals surface area contributed by atoms with Crippen molar-refractivity contribution in [1.82, 2.24) is 4.57 Å². The Morgan fingerprint density at radius 3 is 2.37 bits per heavy atom. The van der Waals surface area contributed by atoms with Crippen LogP contribution in [-0.2, 0) is 16.1 Å². The summed E-state index contributed by atoms with van der Waals surface area (Å²) >= 11 is 12.0. The Morgan fingerprint density at radius 1 is 1.02 bits per heavy atom. The van der Waals surface area contributed by atoms with Gasteiger partial charge < -0.3 is 9.47 Å². The van der Waals surface area contributed by atoms with Crippen LogP contribution in [0.5, 0.6) is 5.75 Å². The maximum Gasteiger partial charge on any atom is 0.338 e. The van der Waals surface area contributed by atoms with Crippen molar-refractivity contribution in [3.8, 4) is 5.75 Å². The third-order valence-corrected chi connectivity index (χ3v) is 10.2. The predicted octanol–water partition coefficient (Wildman–Crippen LogP) is 7.52. The van der Waals surface area contributed by atoms with Crippen molar-refractivity contribution in [2.24, 2.45) is 4.99 Å². The van der Waals surface area contributed by atoms with Crippen molar-refractivity contribution in [1.29, 1.82) is 0 Å². The van der Waals surface area contributed by atoms with Gasteiger partial charge in [-0.25, -0.2) is 14.2 Å². The first kappa shape index (κ1) is 32.6. The van der Waals surface area contributed by atoms with Crippen molar-refractivity contribution < 1.29 is 18.7 Å². The maximum atomic E-state index is 14.2. The molecule has 4 aromatic carbocycles. The van der Waals surface area contributed by atoms with E-state index in [2.05, 4.69) is 45.2 Å².